The quantitative estimate of drug-likeness (QED) is 0.811. The molecular weight excluding hydrogens is 214 g/mol. The Balaban J connectivity index is 1.78. The van der Waals surface area contributed by atoms with Crippen molar-refractivity contribution in [1.82, 2.24) is 15.1 Å². The van der Waals surface area contributed by atoms with Crippen molar-refractivity contribution in [3.8, 4) is 0 Å². The van der Waals surface area contributed by atoms with Gasteiger partial charge in [-0.05, 0) is 18.9 Å². The van der Waals surface area contributed by atoms with Crippen LogP contribution in [0.25, 0.3) is 10.9 Å². The number of aliphatic hydroxyl groups is 1. The first kappa shape index (κ1) is 10.7. The smallest absolute Gasteiger partial charge is 0.0683 e. The molecule has 1 aromatic heterocycles. The highest BCUT2D eigenvalue weighted by Gasteiger charge is 2.24. The number of hydrogen-bond donors (Lipinski definition) is 2. The van der Waals surface area contributed by atoms with E-state index in [0.717, 1.165) is 17.4 Å². The minimum Gasteiger partial charge on any atom is -0.395 e. The van der Waals surface area contributed by atoms with Gasteiger partial charge >= 0.3 is 0 Å². The fourth-order valence-corrected chi connectivity index (χ4v) is 2.13. The van der Waals surface area contributed by atoms with E-state index < -0.39 is 0 Å². The normalized spacial score (nSPS) is 17.5. The Kier molecular flexibility index (Phi) is 2.82. The van der Waals surface area contributed by atoms with Crippen molar-refractivity contribution in [3.63, 3.8) is 0 Å². The van der Waals surface area contributed by atoms with E-state index in [1.807, 2.05) is 23.0 Å². The SMILES string of the molecule is OCC(Cn1ncc2ccccc21)NC1CC1. The first-order chi connectivity index (χ1) is 8.36. The molecule has 1 atom stereocenters. The van der Waals surface area contributed by atoms with E-state index in [1.54, 1.807) is 0 Å². The van der Waals surface area contributed by atoms with E-state index in [4.69, 9.17) is 0 Å². The molecule has 2 N–H and O–H groups in total. The van der Waals surface area contributed by atoms with Gasteiger partial charge in [0.2, 0.25) is 0 Å². The number of benzene rings is 1. The molecule has 0 saturated heterocycles. The number of nitrogens with one attached hydrogen (secondary N) is 1. The summed E-state index contributed by atoms with van der Waals surface area (Å²) in [6.45, 7) is 0.880. The molecule has 4 heteroatoms. The Morgan fingerprint density at radius 2 is 2.24 bits per heavy atom. The van der Waals surface area contributed by atoms with Gasteiger partial charge in [-0.3, -0.25) is 4.68 Å². The Labute approximate surface area is 100 Å². The highest BCUT2D eigenvalue weighted by molar-refractivity contribution is 5.78. The van der Waals surface area contributed by atoms with Gasteiger partial charge in [-0.15, -0.1) is 0 Å². The summed E-state index contributed by atoms with van der Waals surface area (Å²) in [6.07, 6.45) is 4.34. The van der Waals surface area contributed by atoms with E-state index >= 15 is 0 Å². The minimum absolute atomic E-state index is 0.103. The van der Waals surface area contributed by atoms with Crippen LogP contribution in [0, 0.1) is 0 Å². The molecule has 1 fully saturated rings. The van der Waals surface area contributed by atoms with E-state index in [0.29, 0.717) is 6.04 Å². The molecule has 1 saturated carbocycles. The maximum atomic E-state index is 9.37. The molecule has 1 unspecified atom stereocenters. The lowest BCUT2D eigenvalue weighted by atomic mass is 10.2. The second-order valence-corrected chi connectivity index (χ2v) is 4.71. The van der Waals surface area contributed by atoms with Crippen LogP contribution in [0.4, 0.5) is 0 Å². The van der Waals surface area contributed by atoms with Crippen molar-refractivity contribution in [2.75, 3.05) is 6.61 Å². The largest absolute Gasteiger partial charge is 0.395 e. The number of rotatable bonds is 5. The van der Waals surface area contributed by atoms with Gasteiger partial charge in [0.15, 0.2) is 0 Å². The molecular formula is C13H17N3O. The molecule has 1 aromatic carbocycles. The van der Waals surface area contributed by atoms with Gasteiger partial charge in [-0.1, -0.05) is 18.2 Å². The average Bonchev–Trinajstić information content (AvgIpc) is 3.09. The highest BCUT2D eigenvalue weighted by Crippen LogP contribution is 2.20. The summed E-state index contributed by atoms with van der Waals surface area (Å²) in [6, 6.07) is 8.86. The minimum atomic E-state index is 0.103. The molecule has 90 valence electrons. The number of para-hydroxylation sites is 1. The third kappa shape index (κ3) is 2.33. The Hall–Kier alpha value is -1.39. The van der Waals surface area contributed by atoms with Crippen LogP contribution in [0.3, 0.4) is 0 Å². The van der Waals surface area contributed by atoms with Crippen molar-refractivity contribution in [1.29, 1.82) is 0 Å². The summed E-state index contributed by atoms with van der Waals surface area (Å²) < 4.78 is 1.96. The molecule has 2 aromatic rings. The third-order valence-corrected chi connectivity index (χ3v) is 3.21. The van der Waals surface area contributed by atoms with Crippen molar-refractivity contribution < 1.29 is 5.11 Å². The molecule has 0 amide bonds. The summed E-state index contributed by atoms with van der Waals surface area (Å²) in [5.74, 6) is 0. The van der Waals surface area contributed by atoms with Gasteiger partial charge in [-0.2, -0.15) is 5.10 Å². The molecule has 3 rings (SSSR count). The number of aromatic nitrogens is 2. The second-order valence-electron chi connectivity index (χ2n) is 4.71. The molecule has 17 heavy (non-hydrogen) atoms. The van der Waals surface area contributed by atoms with E-state index in [-0.39, 0.29) is 12.6 Å². The van der Waals surface area contributed by atoms with Crippen LogP contribution in [-0.4, -0.2) is 33.6 Å². The average molecular weight is 231 g/mol. The Morgan fingerprint density at radius 3 is 3.00 bits per heavy atom. The Bertz CT molecular complexity index is 504. The predicted molar refractivity (Wildman–Crippen MR) is 66.8 cm³/mol. The molecule has 0 radical (unpaired) electrons. The standard InChI is InChI=1S/C13H17N3O/c17-9-12(15-11-5-6-11)8-16-13-4-2-1-3-10(13)7-14-16/h1-4,7,11-12,15,17H,5-6,8-9H2. The maximum Gasteiger partial charge on any atom is 0.0683 e. The van der Waals surface area contributed by atoms with Crippen LogP contribution in [-0.2, 0) is 6.54 Å². The number of aliphatic hydroxyl groups excluding tert-OH is 1. The van der Waals surface area contributed by atoms with Crippen molar-refractivity contribution in [2.24, 2.45) is 0 Å². The summed E-state index contributed by atoms with van der Waals surface area (Å²) >= 11 is 0. The fraction of sp³-hybridized carbons (Fsp3) is 0.462. The fourth-order valence-electron chi connectivity index (χ4n) is 2.13. The van der Waals surface area contributed by atoms with E-state index in [1.165, 1.54) is 12.8 Å². The molecule has 4 nitrogen and oxygen atoms in total. The highest BCUT2D eigenvalue weighted by atomic mass is 16.3. The molecule has 0 aliphatic heterocycles. The van der Waals surface area contributed by atoms with Gasteiger partial charge in [0.05, 0.1) is 30.9 Å². The van der Waals surface area contributed by atoms with Crippen LogP contribution in [0.2, 0.25) is 0 Å². The zero-order chi connectivity index (χ0) is 11.7. The lowest BCUT2D eigenvalue weighted by molar-refractivity contribution is 0.225. The van der Waals surface area contributed by atoms with Gasteiger partial charge in [0.1, 0.15) is 0 Å². The molecule has 0 bridgehead atoms. The zero-order valence-corrected chi connectivity index (χ0v) is 9.71. The Morgan fingerprint density at radius 1 is 1.41 bits per heavy atom. The van der Waals surface area contributed by atoms with Crippen LogP contribution in [0.15, 0.2) is 30.5 Å². The molecule has 1 aliphatic carbocycles. The molecule has 1 aliphatic rings. The van der Waals surface area contributed by atoms with Gasteiger partial charge < -0.3 is 10.4 Å². The number of fused-ring (bicyclic) bond motifs is 1. The van der Waals surface area contributed by atoms with Gasteiger partial charge in [-0.25, -0.2) is 0 Å². The van der Waals surface area contributed by atoms with Gasteiger partial charge in [0.25, 0.3) is 0 Å². The lowest BCUT2D eigenvalue weighted by Gasteiger charge is -2.16. The molecule has 1 heterocycles. The topological polar surface area (TPSA) is 50.1 Å². The van der Waals surface area contributed by atoms with Crippen LogP contribution < -0.4 is 5.32 Å². The predicted octanol–water partition coefficient (Wildman–Crippen LogP) is 1.15. The van der Waals surface area contributed by atoms with E-state index in [2.05, 4.69) is 22.5 Å². The summed E-state index contributed by atoms with van der Waals surface area (Å²) in [5, 5.41) is 18.3. The number of hydrogen-bond acceptors (Lipinski definition) is 3. The monoisotopic (exact) mass is 231 g/mol. The van der Waals surface area contributed by atoms with Gasteiger partial charge in [0, 0.05) is 11.4 Å². The van der Waals surface area contributed by atoms with Crippen LogP contribution >= 0.6 is 0 Å². The van der Waals surface area contributed by atoms with Crippen molar-refractivity contribution in [3.05, 3.63) is 30.5 Å². The molecule has 0 spiro atoms. The second kappa shape index (κ2) is 4.47. The zero-order valence-electron chi connectivity index (χ0n) is 9.71. The summed E-state index contributed by atoms with van der Waals surface area (Å²) in [5.41, 5.74) is 1.13. The summed E-state index contributed by atoms with van der Waals surface area (Å²) in [4.78, 5) is 0. The van der Waals surface area contributed by atoms with Crippen molar-refractivity contribution in [2.45, 2.75) is 31.5 Å². The third-order valence-electron chi connectivity index (χ3n) is 3.21. The summed E-state index contributed by atoms with van der Waals surface area (Å²) in [7, 11) is 0. The van der Waals surface area contributed by atoms with Crippen LogP contribution in [0.5, 0.6) is 0 Å². The first-order valence-corrected chi connectivity index (χ1v) is 6.14. The number of nitrogens with zero attached hydrogens (tertiary/aromatic N) is 2. The van der Waals surface area contributed by atoms with Crippen molar-refractivity contribution >= 4 is 10.9 Å². The van der Waals surface area contributed by atoms with E-state index in [9.17, 15) is 5.11 Å². The maximum absolute atomic E-state index is 9.37. The lowest BCUT2D eigenvalue weighted by Crippen LogP contribution is -2.38. The first-order valence-electron chi connectivity index (χ1n) is 6.14. The van der Waals surface area contributed by atoms with Crippen LogP contribution in [0.1, 0.15) is 12.8 Å².